The number of alkyl halides is 3. The molecule has 0 saturated heterocycles. The second-order valence-electron chi connectivity index (χ2n) is 6.08. The number of nitriles is 1. The van der Waals surface area contributed by atoms with Gasteiger partial charge in [-0.3, -0.25) is 0 Å². The van der Waals surface area contributed by atoms with Crippen LogP contribution in [-0.4, -0.2) is 19.2 Å². The summed E-state index contributed by atoms with van der Waals surface area (Å²) in [6.45, 7) is 0. The fourth-order valence-electron chi connectivity index (χ4n) is 2.92. The van der Waals surface area contributed by atoms with Crippen molar-refractivity contribution >= 4 is 5.82 Å². The molecule has 0 atom stereocenters. The third-order valence-electron chi connectivity index (χ3n) is 4.34. The molecule has 0 amide bonds. The average molecular weight is 399 g/mol. The molecule has 0 saturated carbocycles. The number of pyridine rings is 1. The van der Waals surface area contributed by atoms with E-state index in [9.17, 15) is 18.4 Å². The summed E-state index contributed by atoms with van der Waals surface area (Å²) in [7, 11) is 2.98. The number of hydrogen-bond donors (Lipinski definition) is 1. The number of ether oxygens (including phenoxy) is 2. The Morgan fingerprint density at radius 2 is 1.69 bits per heavy atom. The Balaban J connectivity index is 2.20. The molecule has 0 bridgehead atoms. The van der Waals surface area contributed by atoms with Gasteiger partial charge in [0, 0.05) is 11.1 Å². The van der Waals surface area contributed by atoms with Crippen molar-refractivity contribution in [1.29, 1.82) is 5.26 Å². The predicted octanol–water partition coefficient (Wildman–Crippen LogP) is 4.91. The van der Waals surface area contributed by atoms with Gasteiger partial charge in [-0.1, -0.05) is 12.1 Å². The SMILES string of the molecule is COc1ccc(-c2cc(-c3cccc(C(F)(F)F)c3)c(C#N)c(N)n2)cc1OC. The Hall–Kier alpha value is -3.73. The summed E-state index contributed by atoms with van der Waals surface area (Å²) >= 11 is 0. The van der Waals surface area contributed by atoms with Crippen molar-refractivity contribution in [3.05, 3.63) is 59.7 Å². The normalized spacial score (nSPS) is 11.0. The second kappa shape index (κ2) is 7.72. The van der Waals surface area contributed by atoms with Crippen LogP contribution in [0.4, 0.5) is 19.0 Å². The van der Waals surface area contributed by atoms with Crippen LogP contribution in [0.1, 0.15) is 11.1 Å². The van der Waals surface area contributed by atoms with Gasteiger partial charge in [-0.05, 0) is 42.0 Å². The van der Waals surface area contributed by atoms with Gasteiger partial charge in [0.25, 0.3) is 0 Å². The highest BCUT2D eigenvalue weighted by Gasteiger charge is 2.30. The molecule has 148 valence electrons. The Kier molecular flexibility index (Phi) is 5.33. The van der Waals surface area contributed by atoms with Gasteiger partial charge in [-0.25, -0.2) is 4.98 Å². The lowest BCUT2D eigenvalue weighted by Gasteiger charge is -2.13. The van der Waals surface area contributed by atoms with E-state index in [1.54, 1.807) is 18.2 Å². The van der Waals surface area contributed by atoms with Gasteiger partial charge in [0.1, 0.15) is 17.5 Å². The van der Waals surface area contributed by atoms with Gasteiger partial charge < -0.3 is 15.2 Å². The molecular formula is C21H16F3N3O2. The van der Waals surface area contributed by atoms with Crippen LogP contribution < -0.4 is 15.2 Å². The lowest BCUT2D eigenvalue weighted by molar-refractivity contribution is -0.137. The number of nitrogen functional groups attached to an aromatic ring is 1. The van der Waals surface area contributed by atoms with Crippen LogP contribution in [0.15, 0.2) is 48.5 Å². The summed E-state index contributed by atoms with van der Waals surface area (Å²) in [6, 6.07) is 13.2. The van der Waals surface area contributed by atoms with Crippen molar-refractivity contribution in [2.75, 3.05) is 20.0 Å². The second-order valence-corrected chi connectivity index (χ2v) is 6.08. The van der Waals surface area contributed by atoms with E-state index in [1.165, 1.54) is 32.4 Å². The van der Waals surface area contributed by atoms with Crippen LogP contribution in [0.5, 0.6) is 11.5 Å². The van der Waals surface area contributed by atoms with E-state index in [2.05, 4.69) is 4.98 Å². The van der Waals surface area contributed by atoms with Crippen LogP contribution in [0.25, 0.3) is 22.4 Å². The zero-order chi connectivity index (χ0) is 21.2. The van der Waals surface area contributed by atoms with E-state index in [1.807, 2.05) is 6.07 Å². The zero-order valence-electron chi connectivity index (χ0n) is 15.5. The van der Waals surface area contributed by atoms with E-state index in [-0.39, 0.29) is 22.5 Å². The number of methoxy groups -OCH3 is 2. The first kappa shape index (κ1) is 20.0. The molecule has 0 fully saturated rings. The summed E-state index contributed by atoms with van der Waals surface area (Å²) in [4.78, 5) is 4.24. The smallest absolute Gasteiger partial charge is 0.416 e. The number of nitrogens with zero attached hydrogens (tertiary/aromatic N) is 2. The fraction of sp³-hybridized carbons (Fsp3) is 0.143. The zero-order valence-corrected chi connectivity index (χ0v) is 15.5. The molecule has 0 spiro atoms. The Labute approximate surface area is 165 Å². The summed E-state index contributed by atoms with van der Waals surface area (Å²) in [6.07, 6.45) is -4.51. The molecule has 0 aliphatic rings. The fourth-order valence-corrected chi connectivity index (χ4v) is 2.92. The molecule has 0 aliphatic carbocycles. The molecule has 1 aromatic heterocycles. The standard InChI is InChI=1S/C21H16F3N3O2/c1-28-18-7-6-13(9-19(18)29-2)17-10-15(16(11-25)20(26)27-17)12-4-3-5-14(8-12)21(22,23)24/h3-10H,1-2H3,(H2,26,27). The first-order valence-electron chi connectivity index (χ1n) is 8.39. The van der Waals surface area contributed by atoms with Gasteiger partial charge in [0.15, 0.2) is 11.5 Å². The lowest BCUT2D eigenvalue weighted by atomic mass is 9.97. The summed E-state index contributed by atoms with van der Waals surface area (Å²) in [5.41, 5.74) is 6.60. The Morgan fingerprint density at radius 1 is 0.966 bits per heavy atom. The molecular weight excluding hydrogens is 383 g/mol. The van der Waals surface area contributed by atoms with Crippen molar-refractivity contribution < 1.29 is 22.6 Å². The number of halogens is 3. The number of benzene rings is 2. The molecule has 2 aromatic carbocycles. The summed E-state index contributed by atoms with van der Waals surface area (Å²) in [5.74, 6) is 0.888. The van der Waals surface area contributed by atoms with Gasteiger partial charge in [-0.15, -0.1) is 0 Å². The maximum Gasteiger partial charge on any atom is 0.416 e. The maximum absolute atomic E-state index is 13.1. The topological polar surface area (TPSA) is 81.2 Å². The number of rotatable bonds is 4. The number of aromatic nitrogens is 1. The minimum absolute atomic E-state index is 0.00792. The number of anilines is 1. The lowest BCUT2D eigenvalue weighted by Crippen LogP contribution is -2.05. The van der Waals surface area contributed by atoms with E-state index >= 15 is 0 Å². The first-order valence-corrected chi connectivity index (χ1v) is 8.39. The van der Waals surface area contributed by atoms with Crippen LogP contribution >= 0.6 is 0 Å². The van der Waals surface area contributed by atoms with Gasteiger partial charge >= 0.3 is 6.18 Å². The average Bonchev–Trinajstić information content (AvgIpc) is 2.72. The van der Waals surface area contributed by atoms with Crippen molar-refractivity contribution in [2.24, 2.45) is 0 Å². The number of hydrogen-bond acceptors (Lipinski definition) is 5. The van der Waals surface area contributed by atoms with Crippen LogP contribution in [0.2, 0.25) is 0 Å². The Bertz CT molecular complexity index is 1110. The van der Waals surface area contributed by atoms with Crippen LogP contribution in [-0.2, 0) is 6.18 Å². The van der Waals surface area contributed by atoms with Gasteiger partial charge in [-0.2, -0.15) is 18.4 Å². The van der Waals surface area contributed by atoms with Crippen LogP contribution in [0, 0.1) is 11.3 Å². The summed E-state index contributed by atoms with van der Waals surface area (Å²) in [5, 5.41) is 9.47. The molecule has 3 aromatic rings. The molecule has 0 unspecified atom stereocenters. The molecule has 0 radical (unpaired) electrons. The van der Waals surface area contributed by atoms with E-state index in [4.69, 9.17) is 15.2 Å². The molecule has 2 N–H and O–H groups in total. The highest BCUT2D eigenvalue weighted by Crippen LogP contribution is 2.37. The van der Waals surface area contributed by atoms with Crippen molar-refractivity contribution in [3.63, 3.8) is 0 Å². The number of nitrogens with two attached hydrogens (primary N) is 1. The maximum atomic E-state index is 13.1. The van der Waals surface area contributed by atoms with Gasteiger partial charge in [0.2, 0.25) is 0 Å². The molecule has 3 rings (SSSR count). The third-order valence-corrected chi connectivity index (χ3v) is 4.34. The van der Waals surface area contributed by atoms with Crippen molar-refractivity contribution in [2.45, 2.75) is 6.18 Å². The van der Waals surface area contributed by atoms with E-state index in [0.29, 0.717) is 22.8 Å². The van der Waals surface area contributed by atoms with Crippen LogP contribution in [0.3, 0.4) is 0 Å². The van der Waals surface area contributed by atoms with Gasteiger partial charge in [0.05, 0.1) is 25.5 Å². The quantitative estimate of drug-likeness (QED) is 0.675. The van der Waals surface area contributed by atoms with E-state index in [0.717, 1.165) is 12.1 Å². The predicted molar refractivity (Wildman–Crippen MR) is 102 cm³/mol. The third kappa shape index (κ3) is 3.94. The summed E-state index contributed by atoms with van der Waals surface area (Å²) < 4.78 is 49.8. The monoisotopic (exact) mass is 399 g/mol. The van der Waals surface area contributed by atoms with Crippen molar-refractivity contribution in [3.8, 4) is 40.0 Å². The minimum Gasteiger partial charge on any atom is -0.493 e. The first-order chi connectivity index (χ1) is 13.8. The van der Waals surface area contributed by atoms with Crippen molar-refractivity contribution in [1.82, 2.24) is 4.98 Å². The molecule has 1 heterocycles. The Morgan fingerprint density at radius 3 is 2.31 bits per heavy atom. The minimum atomic E-state index is -4.51. The molecule has 29 heavy (non-hydrogen) atoms. The molecule has 0 aliphatic heterocycles. The highest BCUT2D eigenvalue weighted by molar-refractivity contribution is 5.80. The molecule has 8 heteroatoms. The van der Waals surface area contributed by atoms with E-state index < -0.39 is 11.7 Å². The largest absolute Gasteiger partial charge is 0.493 e. The molecule has 5 nitrogen and oxygen atoms in total. The highest BCUT2D eigenvalue weighted by atomic mass is 19.4.